The van der Waals surface area contributed by atoms with Crippen LogP contribution in [-0.4, -0.2) is 15.5 Å². The van der Waals surface area contributed by atoms with Crippen LogP contribution in [-0.2, 0) is 13.1 Å². The molecule has 4 aromatic rings. The van der Waals surface area contributed by atoms with E-state index in [1.54, 1.807) is 42.9 Å². The Morgan fingerprint density at radius 1 is 1.04 bits per heavy atom. The number of rotatable bonds is 6. The Morgan fingerprint density at radius 3 is 2.57 bits per heavy atom. The topological polar surface area (TPSA) is 60.1 Å². The Labute approximate surface area is 161 Å². The monoisotopic (exact) mass is 375 g/mol. The molecular formula is C22H18FN3O2. The maximum atomic E-state index is 13.8. The molecule has 1 N–H and O–H groups in total. The maximum Gasteiger partial charge on any atom is 0.287 e. The summed E-state index contributed by atoms with van der Waals surface area (Å²) in [4.78, 5) is 16.3. The third-order valence-electron chi connectivity index (χ3n) is 4.37. The Kier molecular flexibility index (Phi) is 5.01. The van der Waals surface area contributed by atoms with Crippen molar-refractivity contribution in [3.8, 4) is 11.3 Å². The fraction of sp³-hybridized carbons (Fsp3) is 0.0909. The molecule has 0 spiro atoms. The molecule has 0 aliphatic heterocycles. The average Bonchev–Trinajstić information content (AvgIpc) is 3.40. The van der Waals surface area contributed by atoms with E-state index in [1.807, 2.05) is 35.0 Å². The van der Waals surface area contributed by atoms with Gasteiger partial charge in [-0.3, -0.25) is 4.79 Å². The standard InChI is InChI=1S/C22H18FN3O2/c23-19-4-2-1-3-18(19)20-9-10-21(28-20)22(27)25-13-16-5-7-17(8-6-16)14-26-12-11-24-15-26/h1-12,15H,13-14H2,(H,25,27). The van der Waals surface area contributed by atoms with Gasteiger partial charge in [-0.05, 0) is 35.4 Å². The van der Waals surface area contributed by atoms with Crippen LogP contribution in [0.15, 0.2) is 83.8 Å². The van der Waals surface area contributed by atoms with E-state index in [-0.39, 0.29) is 17.5 Å². The van der Waals surface area contributed by atoms with Gasteiger partial charge in [-0.1, -0.05) is 36.4 Å². The molecule has 0 saturated heterocycles. The molecule has 0 saturated carbocycles. The van der Waals surface area contributed by atoms with Gasteiger partial charge in [0.05, 0.1) is 11.9 Å². The number of hydrogen-bond donors (Lipinski definition) is 1. The first-order valence-electron chi connectivity index (χ1n) is 8.85. The van der Waals surface area contributed by atoms with E-state index in [0.29, 0.717) is 17.9 Å². The predicted molar refractivity (Wildman–Crippen MR) is 103 cm³/mol. The second-order valence-electron chi connectivity index (χ2n) is 6.38. The minimum atomic E-state index is -0.389. The van der Waals surface area contributed by atoms with E-state index in [4.69, 9.17) is 4.42 Å². The van der Waals surface area contributed by atoms with Crippen LogP contribution < -0.4 is 5.32 Å². The van der Waals surface area contributed by atoms with Crippen LogP contribution >= 0.6 is 0 Å². The first kappa shape index (κ1) is 17.7. The minimum Gasteiger partial charge on any atom is -0.451 e. The lowest BCUT2D eigenvalue weighted by Gasteiger charge is -2.06. The zero-order valence-electron chi connectivity index (χ0n) is 15.0. The predicted octanol–water partition coefficient (Wildman–Crippen LogP) is 4.26. The number of aromatic nitrogens is 2. The molecule has 2 aromatic heterocycles. The first-order chi connectivity index (χ1) is 13.7. The molecule has 1 amide bonds. The highest BCUT2D eigenvalue weighted by atomic mass is 19.1. The van der Waals surface area contributed by atoms with Crippen LogP contribution in [0.25, 0.3) is 11.3 Å². The van der Waals surface area contributed by atoms with Gasteiger partial charge in [0.1, 0.15) is 11.6 Å². The summed E-state index contributed by atoms with van der Waals surface area (Å²) in [5.74, 6) is -0.258. The van der Waals surface area contributed by atoms with Gasteiger partial charge in [-0.15, -0.1) is 0 Å². The number of halogens is 1. The quantitative estimate of drug-likeness (QED) is 0.548. The smallest absolute Gasteiger partial charge is 0.287 e. The van der Waals surface area contributed by atoms with E-state index in [2.05, 4.69) is 10.3 Å². The van der Waals surface area contributed by atoms with Crippen LogP contribution in [0.1, 0.15) is 21.7 Å². The summed E-state index contributed by atoms with van der Waals surface area (Å²) in [6.45, 7) is 1.12. The molecule has 0 bridgehead atoms. The zero-order valence-corrected chi connectivity index (χ0v) is 15.0. The van der Waals surface area contributed by atoms with Crippen molar-refractivity contribution in [1.82, 2.24) is 14.9 Å². The highest BCUT2D eigenvalue weighted by Crippen LogP contribution is 2.24. The summed E-state index contributed by atoms with van der Waals surface area (Å²) < 4.78 is 21.3. The average molecular weight is 375 g/mol. The molecule has 140 valence electrons. The third kappa shape index (κ3) is 4.01. The fourth-order valence-electron chi connectivity index (χ4n) is 2.89. The molecule has 0 fully saturated rings. The molecule has 0 radical (unpaired) electrons. The largest absolute Gasteiger partial charge is 0.451 e. The molecule has 2 heterocycles. The van der Waals surface area contributed by atoms with Crippen molar-refractivity contribution < 1.29 is 13.6 Å². The highest BCUT2D eigenvalue weighted by molar-refractivity contribution is 5.92. The van der Waals surface area contributed by atoms with Crippen LogP contribution in [0, 0.1) is 5.82 Å². The summed E-state index contributed by atoms with van der Waals surface area (Å²) >= 11 is 0. The Morgan fingerprint density at radius 2 is 1.82 bits per heavy atom. The molecule has 0 atom stereocenters. The molecule has 0 aliphatic rings. The van der Waals surface area contributed by atoms with Gasteiger partial charge < -0.3 is 14.3 Å². The Balaban J connectivity index is 1.36. The molecule has 6 heteroatoms. The Bertz CT molecular complexity index is 1070. The van der Waals surface area contributed by atoms with Gasteiger partial charge in [0.2, 0.25) is 0 Å². The van der Waals surface area contributed by atoms with Crippen molar-refractivity contribution in [2.75, 3.05) is 0 Å². The number of furan rings is 1. The van der Waals surface area contributed by atoms with Crippen molar-refractivity contribution in [3.05, 3.63) is 102 Å². The van der Waals surface area contributed by atoms with Crippen molar-refractivity contribution in [2.24, 2.45) is 0 Å². The lowest BCUT2D eigenvalue weighted by Crippen LogP contribution is -2.22. The number of nitrogens with zero attached hydrogens (tertiary/aromatic N) is 2. The van der Waals surface area contributed by atoms with Gasteiger partial charge in [-0.2, -0.15) is 0 Å². The SMILES string of the molecule is O=C(NCc1ccc(Cn2ccnc2)cc1)c1ccc(-c2ccccc2F)o1. The molecule has 0 aliphatic carbocycles. The number of benzene rings is 2. The minimum absolute atomic E-state index is 0.148. The fourth-order valence-corrected chi connectivity index (χ4v) is 2.89. The summed E-state index contributed by atoms with van der Waals surface area (Å²) in [7, 11) is 0. The molecule has 28 heavy (non-hydrogen) atoms. The van der Waals surface area contributed by atoms with Crippen molar-refractivity contribution in [3.63, 3.8) is 0 Å². The van der Waals surface area contributed by atoms with Crippen LogP contribution in [0.2, 0.25) is 0 Å². The van der Waals surface area contributed by atoms with Gasteiger partial charge in [-0.25, -0.2) is 9.37 Å². The summed E-state index contributed by atoms with van der Waals surface area (Å²) in [5, 5.41) is 2.82. The zero-order chi connectivity index (χ0) is 19.3. The first-order valence-corrected chi connectivity index (χ1v) is 8.85. The van der Waals surface area contributed by atoms with Gasteiger partial charge in [0.15, 0.2) is 5.76 Å². The van der Waals surface area contributed by atoms with E-state index in [1.165, 1.54) is 6.07 Å². The van der Waals surface area contributed by atoms with E-state index < -0.39 is 0 Å². The molecular weight excluding hydrogens is 357 g/mol. The van der Waals surface area contributed by atoms with E-state index in [9.17, 15) is 9.18 Å². The Hall–Kier alpha value is -3.67. The van der Waals surface area contributed by atoms with Gasteiger partial charge in [0, 0.05) is 25.5 Å². The third-order valence-corrected chi connectivity index (χ3v) is 4.37. The number of imidazole rings is 1. The highest BCUT2D eigenvalue weighted by Gasteiger charge is 2.14. The van der Waals surface area contributed by atoms with Crippen LogP contribution in [0.3, 0.4) is 0 Å². The van der Waals surface area contributed by atoms with E-state index >= 15 is 0 Å². The molecule has 0 unspecified atom stereocenters. The van der Waals surface area contributed by atoms with Gasteiger partial charge >= 0.3 is 0 Å². The van der Waals surface area contributed by atoms with Crippen molar-refractivity contribution in [1.29, 1.82) is 0 Å². The summed E-state index contributed by atoms with van der Waals surface area (Å²) in [6.07, 6.45) is 5.43. The van der Waals surface area contributed by atoms with Crippen LogP contribution in [0.4, 0.5) is 4.39 Å². The normalized spacial score (nSPS) is 10.8. The molecule has 2 aromatic carbocycles. The van der Waals surface area contributed by atoms with Crippen LogP contribution in [0.5, 0.6) is 0 Å². The summed E-state index contributed by atoms with van der Waals surface area (Å²) in [5.41, 5.74) is 2.45. The molecule has 5 nitrogen and oxygen atoms in total. The van der Waals surface area contributed by atoms with E-state index in [0.717, 1.165) is 17.7 Å². The lowest BCUT2D eigenvalue weighted by molar-refractivity contribution is 0.0924. The number of nitrogens with one attached hydrogen (secondary N) is 1. The second kappa shape index (κ2) is 7.92. The van der Waals surface area contributed by atoms with Crippen molar-refractivity contribution >= 4 is 5.91 Å². The summed E-state index contributed by atoms with van der Waals surface area (Å²) in [6, 6.07) is 17.4. The number of hydrogen-bond acceptors (Lipinski definition) is 3. The number of carbonyl (C=O) groups is 1. The van der Waals surface area contributed by atoms with Crippen molar-refractivity contribution in [2.45, 2.75) is 13.1 Å². The van der Waals surface area contributed by atoms with Gasteiger partial charge in [0.25, 0.3) is 5.91 Å². The molecule has 4 rings (SSSR count). The maximum absolute atomic E-state index is 13.8. The number of amides is 1. The number of carbonyl (C=O) groups excluding carboxylic acids is 1. The second-order valence-corrected chi connectivity index (χ2v) is 6.38. The lowest BCUT2D eigenvalue weighted by atomic mass is 10.1.